The van der Waals surface area contributed by atoms with Crippen LogP contribution < -0.4 is 0 Å². The summed E-state index contributed by atoms with van der Waals surface area (Å²) in [5, 5.41) is 0. The summed E-state index contributed by atoms with van der Waals surface area (Å²) >= 11 is 0. The van der Waals surface area contributed by atoms with Gasteiger partial charge in [-0.25, -0.2) is 0 Å². The van der Waals surface area contributed by atoms with Crippen LogP contribution in [0.1, 0.15) is 39.0 Å². The minimum Gasteiger partial charge on any atom is -0.347 e. The lowest BCUT2D eigenvalue weighted by atomic mass is 10.0. The van der Waals surface area contributed by atoms with Crippen molar-refractivity contribution in [1.29, 1.82) is 0 Å². The molecule has 1 aliphatic rings. The standard InChI is InChI=1S/C12H24N2O/c1-4-5-9-14-10-7-6-8-11(14)12(15)13(2)3/h11H,4-10H2,1-3H3. The maximum Gasteiger partial charge on any atom is 0.239 e. The predicted molar refractivity (Wildman–Crippen MR) is 62.8 cm³/mol. The molecule has 3 nitrogen and oxygen atoms in total. The molecular weight excluding hydrogens is 188 g/mol. The Kier molecular flexibility index (Phi) is 5.09. The van der Waals surface area contributed by atoms with Crippen LogP contribution in [0.5, 0.6) is 0 Å². The highest BCUT2D eigenvalue weighted by molar-refractivity contribution is 5.81. The normalized spacial score (nSPS) is 22.7. The molecule has 0 aliphatic carbocycles. The molecule has 0 bridgehead atoms. The molecule has 0 aromatic carbocycles. The van der Waals surface area contributed by atoms with Crippen LogP contribution in [0.2, 0.25) is 0 Å². The molecule has 1 rings (SSSR count). The molecule has 1 saturated heterocycles. The van der Waals surface area contributed by atoms with Gasteiger partial charge in [-0.05, 0) is 32.4 Å². The predicted octanol–water partition coefficient (Wildman–Crippen LogP) is 1.73. The number of piperidine rings is 1. The van der Waals surface area contributed by atoms with E-state index in [1.807, 2.05) is 14.1 Å². The molecule has 1 atom stereocenters. The first-order valence-corrected chi connectivity index (χ1v) is 6.12. The van der Waals surface area contributed by atoms with E-state index < -0.39 is 0 Å². The first kappa shape index (κ1) is 12.5. The summed E-state index contributed by atoms with van der Waals surface area (Å²) in [6.07, 6.45) is 5.91. The fraction of sp³-hybridized carbons (Fsp3) is 0.917. The van der Waals surface area contributed by atoms with Gasteiger partial charge in [0.15, 0.2) is 0 Å². The second-order valence-corrected chi connectivity index (χ2v) is 4.63. The molecule has 0 radical (unpaired) electrons. The molecule has 1 fully saturated rings. The Hall–Kier alpha value is -0.570. The van der Waals surface area contributed by atoms with Crippen LogP contribution in [0, 0.1) is 0 Å². The van der Waals surface area contributed by atoms with Crippen molar-refractivity contribution < 1.29 is 4.79 Å². The molecule has 0 N–H and O–H groups in total. The van der Waals surface area contributed by atoms with Gasteiger partial charge in [-0.2, -0.15) is 0 Å². The molecule has 0 spiro atoms. The number of carbonyl (C=O) groups is 1. The highest BCUT2D eigenvalue weighted by atomic mass is 16.2. The molecule has 15 heavy (non-hydrogen) atoms. The van der Waals surface area contributed by atoms with Crippen molar-refractivity contribution in [2.75, 3.05) is 27.2 Å². The number of likely N-dealkylation sites (tertiary alicyclic amines) is 1. The zero-order chi connectivity index (χ0) is 11.3. The molecule has 88 valence electrons. The molecule has 1 unspecified atom stereocenters. The van der Waals surface area contributed by atoms with E-state index in [1.165, 1.54) is 25.7 Å². The number of likely N-dealkylation sites (N-methyl/N-ethyl adjacent to an activating group) is 1. The number of rotatable bonds is 4. The molecule has 3 heteroatoms. The van der Waals surface area contributed by atoms with E-state index in [0.717, 1.165) is 19.5 Å². The Morgan fingerprint density at radius 2 is 2.13 bits per heavy atom. The van der Waals surface area contributed by atoms with Crippen LogP contribution in [0.25, 0.3) is 0 Å². The Balaban J connectivity index is 2.53. The van der Waals surface area contributed by atoms with Crippen LogP contribution in [0.15, 0.2) is 0 Å². The Morgan fingerprint density at radius 1 is 1.40 bits per heavy atom. The summed E-state index contributed by atoms with van der Waals surface area (Å²) in [4.78, 5) is 16.1. The monoisotopic (exact) mass is 212 g/mol. The summed E-state index contributed by atoms with van der Waals surface area (Å²) in [6.45, 7) is 4.39. The van der Waals surface area contributed by atoms with Crippen LogP contribution >= 0.6 is 0 Å². The van der Waals surface area contributed by atoms with Crippen LogP contribution in [-0.2, 0) is 4.79 Å². The highest BCUT2D eigenvalue weighted by Gasteiger charge is 2.28. The average molecular weight is 212 g/mol. The SMILES string of the molecule is CCCCN1CCCCC1C(=O)N(C)C. The number of unbranched alkanes of at least 4 members (excludes halogenated alkanes) is 1. The smallest absolute Gasteiger partial charge is 0.239 e. The second-order valence-electron chi connectivity index (χ2n) is 4.63. The van der Waals surface area contributed by atoms with E-state index in [4.69, 9.17) is 0 Å². The van der Waals surface area contributed by atoms with Gasteiger partial charge in [0.2, 0.25) is 5.91 Å². The Labute approximate surface area is 93.4 Å². The third kappa shape index (κ3) is 3.49. The van der Waals surface area contributed by atoms with Gasteiger partial charge < -0.3 is 4.90 Å². The molecule has 1 heterocycles. The van der Waals surface area contributed by atoms with Gasteiger partial charge in [0.1, 0.15) is 0 Å². The van der Waals surface area contributed by atoms with E-state index in [0.29, 0.717) is 0 Å². The minimum atomic E-state index is 0.153. The summed E-state index contributed by atoms with van der Waals surface area (Å²) < 4.78 is 0. The third-order valence-corrected chi connectivity index (χ3v) is 3.14. The van der Waals surface area contributed by atoms with Gasteiger partial charge >= 0.3 is 0 Å². The zero-order valence-corrected chi connectivity index (χ0v) is 10.3. The van der Waals surface area contributed by atoms with Crippen molar-refractivity contribution in [1.82, 2.24) is 9.80 Å². The first-order chi connectivity index (χ1) is 7.16. The average Bonchev–Trinajstić information content (AvgIpc) is 2.25. The number of amides is 1. The number of hydrogen-bond acceptors (Lipinski definition) is 2. The van der Waals surface area contributed by atoms with Gasteiger partial charge in [-0.1, -0.05) is 19.8 Å². The second kappa shape index (κ2) is 6.11. The van der Waals surface area contributed by atoms with E-state index >= 15 is 0 Å². The van der Waals surface area contributed by atoms with Crippen LogP contribution in [0.3, 0.4) is 0 Å². The van der Waals surface area contributed by atoms with Gasteiger partial charge in [0, 0.05) is 14.1 Å². The Bertz CT molecular complexity index is 204. The summed E-state index contributed by atoms with van der Waals surface area (Å²) in [5.41, 5.74) is 0. The van der Waals surface area contributed by atoms with Crippen molar-refractivity contribution in [3.05, 3.63) is 0 Å². The maximum absolute atomic E-state index is 12.0. The molecule has 0 aromatic rings. The number of nitrogens with zero attached hydrogens (tertiary/aromatic N) is 2. The van der Waals surface area contributed by atoms with Crippen molar-refractivity contribution in [3.63, 3.8) is 0 Å². The maximum atomic E-state index is 12.0. The van der Waals surface area contributed by atoms with Crippen LogP contribution in [0.4, 0.5) is 0 Å². The van der Waals surface area contributed by atoms with Crippen molar-refractivity contribution >= 4 is 5.91 Å². The van der Waals surface area contributed by atoms with Crippen molar-refractivity contribution in [2.24, 2.45) is 0 Å². The lowest BCUT2D eigenvalue weighted by molar-refractivity contribution is -0.135. The van der Waals surface area contributed by atoms with Gasteiger partial charge in [-0.3, -0.25) is 9.69 Å². The number of carbonyl (C=O) groups excluding carboxylic acids is 1. The van der Waals surface area contributed by atoms with Crippen molar-refractivity contribution in [2.45, 2.75) is 45.1 Å². The summed E-state index contributed by atoms with van der Waals surface area (Å²) in [7, 11) is 3.71. The van der Waals surface area contributed by atoms with Gasteiger partial charge in [0.05, 0.1) is 6.04 Å². The largest absolute Gasteiger partial charge is 0.347 e. The van der Waals surface area contributed by atoms with E-state index in [-0.39, 0.29) is 11.9 Å². The third-order valence-electron chi connectivity index (χ3n) is 3.14. The van der Waals surface area contributed by atoms with Crippen molar-refractivity contribution in [3.8, 4) is 0 Å². The van der Waals surface area contributed by atoms with E-state index in [9.17, 15) is 4.79 Å². The van der Waals surface area contributed by atoms with Gasteiger partial charge in [-0.15, -0.1) is 0 Å². The fourth-order valence-corrected chi connectivity index (χ4v) is 2.20. The summed E-state index contributed by atoms with van der Waals surface area (Å²) in [6, 6.07) is 0.153. The number of hydrogen-bond donors (Lipinski definition) is 0. The Morgan fingerprint density at radius 3 is 2.73 bits per heavy atom. The van der Waals surface area contributed by atoms with E-state index in [1.54, 1.807) is 4.90 Å². The lowest BCUT2D eigenvalue weighted by Crippen LogP contribution is -2.49. The molecule has 0 saturated carbocycles. The molecule has 0 aromatic heterocycles. The van der Waals surface area contributed by atoms with Gasteiger partial charge in [0.25, 0.3) is 0 Å². The van der Waals surface area contributed by atoms with E-state index in [2.05, 4.69) is 11.8 Å². The molecular formula is C12H24N2O. The lowest BCUT2D eigenvalue weighted by Gasteiger charge is -2.35. The molecule has 1 aliphatic heterocycles. The zero-order valence-electron chi connectivity index (χ0n) is 10.3. The first-order valence-electron chi connectivity index (χ1n) is 6.12. The topological polar surface area (TPSA) is 23.6 Å². The fourth-order valence-electron chi connectivity index (χ4n) is 2.20. The highest BCUT2D eigenvalue weighted by Crippen LogP contribution is 2.18. The quantitative estimate of drug-likeness (QED) is 0.708. The van der Waals surface area contributed by atoms with Crippen LogP contribution in [-0.4, -0.2) is 48.9 Å². The summed E-state index contributed by atoms with van der Waals surface area (Å²) in [5.74, 6) is 0.283. The minimum absolute atomic E-state index is 0.153. The molecule has 1 amide bonds.